The van der Waals surface area contributed by atoms with E-state index < -0.39 is 5.91 Å². The highest BCUT2D eigenvalue weighted by molar-refractivity contribution is 6.11. The van der Waals surface area contributed by atoms with E-state index in [9.17, 15) is 4.79 Å². The van der Waals surface area contributed by atoms with Gasteiger partial charge in [0.25, 0.3) is 11.9 Å². The molecule has 0 aromatic carbocycles. The van der Waals surface area contributed by atoms with Crippen molar-refractivity contribution in [1.82, 2.24) is 24.8 Å². The van der Waals surface area contributed by atoms with Gasteiger partial charge in [0.15, 0.2) is 17.7 Å². The van der Waals surface area contributed by atoms with E-state index in [1.807, 2.05) is 17.9 Å². The van der Waals surface area contributed by atoms with Crippen LogP contribution in [0.4, 0.5) is 17.4 Å². The van der Waals surface area contributed by atoms with Crippen molar-refractivity contribution in [3.63, 3.8) is 0 Å². The molecule has 6 heterocycles. The first-order valence-electron chi connectivity index (χ1n) is 14.9. The molecule has 0 spiro atoms. The number of morpholine rings is 2. The third-order valence-electron chi connectivity index (χ3n) is 8.32. The summed E-state index contributed by atoms with van der Waals surface area (Å²) in [6.07, 6.45) is 7.98. The molecule has 0 unspecified atom stereocenters. The van der Waals surface area contributed by atoms with Crippen LogP contribution in [0.25, 0.3) is 11.2 Å². The Labute approximate surface area is 248 Å². The third kappa shape index (κ3) is 5.92. The summed E-state index contributed by atoms with van der Waals surface area (Å²) >= 11 is 0. The van der Waals surface area contributed by atoms with Crippen LogP contribution in [0.3, 0.4) is 0 Å². The Bertz CT molecular complexity index is 1540. The van der Waals surface area contributed by atoms with Crippen molar-refractivity contribution >= 4 is 34.5 Å². The first-order valence-corrected chi connectivity index (χ1v) is 14.9. The lowest BCUT2D eigenvalue weighted by atomic mass is 9.91. The number of ether oxygens (including phenoxy) is 3. The van der Waals surface area contributed by atoms with Gasteiger partial charge in [-0.1, -0.05) is 0 Å². The zero-order chi connectivity index (χ0) is 29.2. The molecule has 13 heteroatoms. The SMILES string of the molecule is Cc1cc(N(C(=O)c2cocn2)c2cc3oc(N4CCOCC4)nc3nc2OC2CCC(N3CCOCC3)CC2)ccn1. The number of hydrogen-bond acceptors (Lipinski definition) is 12. The minimum Gasteiger partial charge on any atom is -0.473 e. The molecule has 226 valence electrons. The molecule has 0 bridgehead atoms. The summed E-state index contributed by atoms with van der Waals surface area (Å²) in [7, 11) is 0. The number of pyridine rings is 2. The van der Waals surface area contributed by atoms with E-state index in [0.717, 1.165) is 57.7 Å². The number of oxazole rings is 2. The molecular weight excluding hydrogens is 554 g/mol. The van der Waals surface area contributed by atoms with Crippen LogP contribution in [0.1, 0.15) is 41.9 Å². The van der Waals surface area contributed by atoms with Gasteiger partial charge in [-0.15, -0.1) is 0 Å². The number of nitrogens with zero attached hydrogens (tertiary/aromatic N) is 7. The number of carbonyl (C=O) groups is 1. The second-order valence-electron chi connectivity index (χ2n) is 11.1. The third-order valence-corrected chi connectivity index (χ3v) is 8.32. The van der Waals surface area contributed by atoms with Crippen molar-refractivity contribution < 1.29 is 27.8 Å². The van der Waals surface area contributed by atoms with Gasteiger partial charge in [-0.05, 0) is 44.7 Å². The van der Waals surface area contributed by atoms with E-state index >= 15 is 0 Å². The summed E-state index contributed by atoms with van der Waals surface area (Å²) in [5, 5.41) is 0. The second-order valence-corrected chi connectivity index (χ2v) is 11.1. The fraction of sp³-hybridized carbons (Fsp3) is 0.500. The standard InChI is InChI=1S/C30H35N7O6/c1-20-16-22(6-7-31-20)37(29(38)24-18-41-19-32-24)25-17-26-27(34-30(43-26)36-10-14-40-15-11-36)33-28(25)42-23-4-2-21(3-5-23)35-8-12-39-13-9-35/h6-7,16-19,21,23H,2-5,8-15H2,1H3. The van der Waals surface area contributed by atoms with Crippen LogP contribution in [-0.2, 0) is 9.47 Å². The van der Waals surface area contributed by atoms with Crippen LogP contribution in [0, 0.1) is 6.92 Å². The highest BCUT2D eigenvalue weighted by atomic mass is 16.5. The number of aromatic nitrogens is 4. The van der Waals surface area contributed by atoms with Crippen LogP contribution >= 0.6 is 0 Å². The van der Waals surface area contributed by atoms with Gasteiger partial charge in [0.05, 0.1) is 32.1 Å². The Morgan fingerprint density at radius 2 is 1.74 bits per heavy atom. The van der Waals surface area contributed by atoms with Crippen molar-refractivity contribution in [2.24, 2.45) is 0 Å². The van der Waals surface area contributed by atoms with Gasteiger partial charge >= 0.3 is 0 Å². The predicted octanol–water partition coefficient (Wildman–Crippen LogP) is 3.75. The highest BCUT2D eigenvalue weighted by Gasteiger charge is 2.32. The molecule has 2 aliphatic heterocycles. The topological polar surface area (TPSA) is 132 Å². The van der Waals surface area contributed by atoms with Crippen LogP contribution in [0.2, 0.25) is 0 Å². The maximum Gasteiger partial charge on any atom is 0.300 e. The van der Waals surface area contributed by atoms with Crippen molar-refractivity contribution in [3.05, 3.63) is 48.4 Å². The molecule has 4 aromatic rings. The first kappa shape index (κ1) is 27.7. The maximum absolute atomic E-state index is 14.0. The summed E-state index contributed by atoms with van der Waals surface area (Å²) in [5.41, 5.74) is 2.80. The normalized spacial score (nSPS) is 21.7. The Morgan fingerprint density at radius 1 is 0.977 bits per heavy atom. The minimum absolute atomic E-state index is 0.0604. The molecule has 0 atom stereocenters. The Hall–Kier alpha value is -4.07. The van der Waals surface area contributed by atoms with E-state index in [1.165, 1.54) is 17.6 Å². The average Bonchev–Trinajstić information content (AvgIpc) is 3.73. The van der Waals surface area contributed by atoms with Gasteiger partial charge in [0, 0.05) is 50.2 Å². The molecule has 43 heavy (non-hydrogen) atoms. The van der Waals surface area contributed by atoms with E-state index in [-0.39, 0.29) is 11.8 Å². The van der Waals surface area contributed by atoms with Crippen LogP contribution in [-0.4, -0.2) is 95.5 Å². The number of anilines is 3. The maximum atomic E-state index is 14.0. The predicted molar refractivity (Wildman–Crippen MR) is 156 cm³/mol. The van der Waals surface area contributed by atoms with E-state index in [2.05, 4.69) is 14.9 Å². The first-order chi connectivity index (χ1) is 21.1. The monoisotopic (exact) mass is 589 g/mol. The summed E-state index contributed by atoms with van der Waals surface area (Å²) in [5.74, 6) is -0.0789. The average molecular weight is 590 g/mol. The molecule has 2 saturated heterocycles. The van der Waals surface area contributed by atoms with Crippen molar-refractivity contribution in [3.8, 4) is 5.88 Å². The Morgan fingerprint density at radius 3 is 2.47 bits per heavy atom. The molecule has 4 aromatic heterocycles. The number of hydrogen-bond donors (Lipinski definition) is 0. The van der Waals surface area contributed by atoms with Crippen LogP contribution < -0.4 is 14.5 Å². The van der Waals surface area contributed by atoms with Crippen molar-refractivity contribution in [2.75, 3.05) is 62.4 Å². The zero-order valence-corrected chi connectivity index (χ0v) is 24.2. The fourth-order valence-electron chi connectivity index (χ4n) is 6.06. The molecule has 3 fully saturated rings. The zero-order valence-electron chi connectivity index (χ0n) is 24.2. The molecule has 0 radical (unpaired) electrons. The van der Waals surface area contributed by atoms with E-state index in [1.54, 1.807) is 18.3 Å². The number of amides is 1. The number of rotatable bonds is 7. The lowest BCUT2D eigenvalue weighted by Gasteiger charge is -2.38. The van der Waals surface area contributed by atoms with Crippen molar-refractivity contribution in [2.45, 2.75) is 44.8 Å². The van der Waals surface area contributed by atoms with Gasteiger partial charge in [-0.2, -0.15) is 9.97 Å². The van der Waals surface area contributed by atoms with Crippen molar-refractivity contribution in [1.29, 1.82) is 0 Å². The molecule has 0 N–H and O–H groups in total. The molecule has 1 aliphatic carbocycles. The van der Waals surface area contributed by atoms with Gasteiger partial charge in [-0.3, -0.25) is 19.6 Å². The Balaban J connectivity index is 1.25. The minimum atomic E-state index is -0.394. The molecule has 13 nitrogen and oxygen atoms in total. The molecule has 1 amide bonds. The summed E-state index contributed by atoms with van der Waals surface area (Å²) in [4.78, 5) is 38.1. The number of aryl methyl sites for hydroxylation is 1. The fourth-order valence-corrected chi connectivity index (χ4v) is 6.06. The van der Waals surface area contributed by atoms with E-state index in [0.29, 0.717) is 66.8 Å². The van der Waals surface area contributed by atoms with Gasteiger partial charge in [0.2, 0.25) is 11.5 Å². The largest absolute Gasteiger partial charge is 0.473 e. The van der Waals surface area contributed by atoms with Crippen LogP contribution in [0.5, 0.6) is 5.88 Å². The summed E-state index contributed by atoms with van der Waals surface area (Å²) in [6, 6.07) is 6.37. The summed E-state index contributed by atoms with van der Waals surface area (Å²) in [6.45, 7) is 7.93. The lowest BCUT2D eigenvalue weighted by molar-refractivity contribution is -0.00132. The summed E-state index contributed by atoms with van der Waals surface area (Å²) < 4.78 is 29.1. The van der Waals surface area contributed by atoms with Gasteiger partial charge in [0.1, 0.15) is 18.1 Å². The van der Waals surface area contributed by atoms with Gasteiger partial charge < -0.3 is 27.9 Å². The number of fused-ring (bicyclic) bond motifs is 1. The van der Waals surface area contributed by atoms with E-state index in [4.69, 9.17) is 33.0 Å². The van der Waals surface area contributed by atoms with Crippen LogP contribution in [0.15, 0.2) is 45.9 Å². The smallest absolute Gasteiger partial charge is 0.300 e. The quantitative estimate of drug-likeness (QED) is 0.311. The molecule has 3 aliphatic rings. The highest BCUT2D eigenvalue weighted by Crippen LogP contribution is 2.39. The molecular formula is C30H35N7O6. The Kier molecular flexibility index (Phi) is 7.92. The molecule has 1 saturated carbocycles. The lowest BCUT2D eigenvalue weighted by Crippen LogP contribution is -2.46. The van der Waals surface area contributed by atoms with Gasteiger partial charge in [-0.25, -0.2) is 4.98 Å². The molecule has 7 rings (SSSR count). The second kappa shape index (κ2) is 12.3. The number of carbonyl (C=O) groups excluding carboxylic acids is 1.